The molecule has 1 saturated carbocycles. The lowest BCUT2D eigenvalue weighted by molar-refractivity contribution is -0.156. The van der Waals surface area contributed by atoms with Gasteiger partial charge in [-0.2, -0.15) is 0 Å². The van der Waals surface area contributed by atoms with E-state index in [0.717, 1.165) is 19.3 Å². The SMILES string of the molecule is C=CCN(C(=O)CC1(C(=O)O)CCCCC1)C(C)C. The first-order valence-corrected chi connectivity index (χ1v) is 7.07. The number of carboxylic acid groups (broad SMARTS) is 1. The molecule has 0 aromatic heterocycles. The molecule has 1 fully saturated rings. The van der Waals surface area contributed by atoms with Crippen molar-refractivity contribution in [3.63, 3.8) is 0 Å². The minimum atomic E-state index is -0.844. The van der Waals surface area contributed by atoms with Crippen LogP contribution in [0.3, 0.4) is 0 Å². The molecule has 0 saturated heterocycles. The van der Waals surface area contributed by atoms with Gasteiger partial charge in [-0.05, 0) is 26.7 Å². The van der Waals surface area contributed by atoms with Crippen LogP contribution in [0.4, 0.5) is 0 Å². The Morgan fingerprint density at radius 1 is 1.32 bits per heavy atom. The minimum Gasteiger partial charge on any atom is -0.481 e. The highest BCUT2D eigenvalue weighted by Gasteiger charge is 2.42. The Kier molecular flexibility index (Phi) is 5.58. The first kappa shape index (κ1) is 15.7. The molecule has 1 N–H and O–H groups in total. The Labute approximate surface area is 115 Å². The van der Waals surface area contributed by atoms with Gasteiger partial charge < -0.3 is 10.0 Å². The molecule has 0 aliphatic heterocycles. The van der Waals surface area contributed by atoms with Crippen molar-refractivity contribution in [2.24, 2.45) is 5.41 Å². The number of hydrogen-bond donors (Lipinski definition) is 1. The molecule has 0 unspecified atom stereocenters. The number of rotatable bonds is 6. The van der Waals surface area contributed by atoms with Gasteiger partial charge in [-0.15, -0.1) is 6.58 Å². The van der Waals surface area contributed by atoms with Crippen LogP contribution in [-0.4, -0.2) is 34.5 Å². The molecule has 0 radical (unpaired) electrons. The Morgan fingerprint density at radius 3 is 2.32 bits per heavy atom. The molecule has 0 atom stereocenters. The van der Waals surface area contributed by atoms with Gasteiger partial charge in [0.05, 0.1) is 5.41 Å². The average Bonchev–Trinajstić information content (AvgIpc) is 2.36. The highest BCUT2D eigenvalue weighted by Crippen LogP contribution is 2.40. The maximum Gasteiger partial charge on any atom is 0.310 e. The first-order valence-electron chi connectivity index (χ1n) is 7.07. The molecule has 1 aliphatic rings. The summed E-state index contributed by atoms with van der Waals surface area (Å²) >= 11 is 0. The quantitative estimate of drug-likeness (QED) is 0.753. The minimum absolute atomic E-state index is 0.0694. The predicted molar refractivity (Wildman–Crippen MR) is 74.8 cm³/mol. The lowest BCUT2D eigenvalue weighted by Gasteiger charge is -2.35. The highest BCUT2D eigenvalue weighted by molar-refractivity contribution is 5.85. The van der Waals surface area contributed by atoms with Crippen molar-refractivity contribution < 1.29 is 14.7 Å². The Morgan fingerprint density at radius 2 is 1.89 bits per heavy atom. The number of aliphatic carboxylic acids is 1. The lowest BCUT2D eigenvalue weighted by atomic mass is 9.71. The van der Waals surface area contributed by atoms with Crippen LogP contribution in [0.2, 0.25) is 0 Å². The zero-order valence-corrected chi connectivity index (χ0v) is 12.0. The van der Waals surface area contributed by atoms with Crippen molar-refractivity contribution in [1.82, 2.24) is 4.90 Å². The topological polar surface area (TPSA) is 57.6 Å². The number of amides is 1. The molecule has 1 amide bonds. The van der Waals surface area contributed by atoms with E-state index in [2.05, 4.69) is 6.58 Å². The third kappa shape index (κ3) is 3.82. The molecule has 0 aromatic rings. The van der Waals surface area contributed by atoms with Gasteiger partial charge in [0, 0.05) is 19.0 Å². The molecule has 0 heterocycles. The van der Waals surface area contributed by atoms with Gasteiger partial charge in [0.25, 0.3) is 0 Å². The van der Waals surface area contributed by atoms with E-state index in [4.69, 9.17) is 0 Å². The standard InChI is InChI=1S/C15H25NO3/c1-4-10-16(12(2)3)13(17)11-15(14(18)19)8-6-5-7-9-15/h4,12H,1,5-11H2,2-3H3,(H,18,19). The van der Waals surface area contributed by atoms with Crippen molar-refractivity contribution in [3.8, 4) is 0 Å². The third-order valence-electron chi connectivity index (χ3n) is 4.02. The van der Waals surface area contributed by atoms with E-state index in [-0.39, 0.29) is 18.4 Å². The summed E-state index contributed by atoms with van der Waals surface area (Å²) in [6.07, 6.45) is 5.93. The fourth-order valence-electron chi connectivity index (χ4n) is 2.83. The summed E-state index contributed by atoms with van der Waals surface area (Å²) in [5.41, 5.74) is -0.844. The number of nitrogens with zero attached hydrogens (tertiary/aromatic N) is 1. The summed E-state index contributed by atoms with van der Waals surface area (Å²) in [4.78, 5) is 25.6. The van der Waals surface area contributed by atoms with Gasteiger partial charge in [0.15, 0.2) is 0 Å². The maximum atomic E-state index is 12.4. The van der Waals surface area contributed by atoms with Crippen LogP contribution in [0.5, 0.6) is 0 Å². The van der Waals surface area contributed by atoms with E-state index < -0.39 is 11.4 Å². The van der Waals surface area contributed by atoms with Crippen LogP contribution in [0.15, 0.2) is 12.7 Å². The van der Waals surface area contributed by atoms with Crippen LogP contribution in [0.25, 0.3) is 0 Å². The van der Waals surface area contributed by atoms with Crippen LogP contribution in [0, 0.1) is 5.41 Å². The Bertz CT molecular complexity index is 343. The number of carbonyl (C=O) groups excluding carboxylic acids is 1. The first-order chi connectivity index (χ1) is 8.93. The van der Waals surface area contributed by atoms with Crippen molar-refractivity contribution >= 4 is 11.9 Å². The van der Waals surface area contributed by atoms with Gasteiger partial charge in [0.2, 0.25) is 5.91 Å². The second-order valence-electron chi connectivity index (χ2n) is 5.75. The average molecular weight is 267 g/mol. The summed E-state index contributed by atoms with van der Waals surface area (Å²) in [6, 6.07) is 0.0694. The smallest absolute Gasteiger partial charge is 0.310 e. The van der Waals surface area contributed by atoms with Crippen molar-refractivity contribution in [2.45, 2.75) is 58.4 Å². The molecule has 1 aliphatic carbocycles. The largest absolute Gasteiger partial charge is 0.481 e. The summed E-state index contributed by atoms with van der Waals surface area (Å²) in [7, 11) is 0. The van der Waals surface area contributed by atoms with Crippen LogP contribution in [-0.2, 0) is 9.59 Å². The number of hydrogen-bond acceptors (Lipinski definition) is 2. The molecular weight excluding hydrogens is 242 g/mol. The molecule has 4 nitrogen and oxygen atoms in total. The van der Waals surface area contributed by atoms with E-state index in [1.165, 1.54) is 0 Å². The van der Waals surface area contributed by atoms with Crippen LogP contribution < -0.4 is 0 Å². The maximum absolute atomic E-state index is 12.4. The molecule has 108 valence electrons. The normalized spacial score (nSPS) is 18.1. The second kappa shape index (κ2) is 6.73. The summed E-state index contributed by atoms with van der Waals surface area (Å²) in [5, 5.41) is 9.50. The molecule has 4 heteroatoms. The van der Waals surface area contributed by atoms with E-state index in [1.807, 2.05) is 13.8 Å². The van der Waals surface area contributed by atoms with Gasteiger partial charge in [0.1, 0.15) is 0 Å². The van der Waals surface area contributed by atoms with E-state index in [0.29, 0.717) is 19.4 Å². The van der Waals surface area contributed by atoms with Crippen molar-refractivity contribution in [2.75, 3.05) is 6.54 Å². The molecule has 0 aromatic carbocycles. The summed E-state index contributed by atoms with van der Waals surface area (Å²) < 4.78 is 0. The highest BCUT2D eigenvalue weighted by atomic mass is 16.4. The fourth-order valence-corrected chi connectivity index (χ4v) is 2.83. The zero-order chi connectivity index (χ0) is 14.5. The molecule has 0 bridgehead atoms. The summed E-state index contributed by atoms with van der Waals surface area (Å²) in [5.74, 6) is -0.887. The summed E-state index contributed by atoms with van der Waals surface area (Å²) in [6.45, 7) is 8.01. The van der Waals surface area contributed by atoms with Gasteiger partial charge in [-0.1, -0.05) is 25.3 Å². The van der Waals surface area contributed by atoms with E-state index in [1.54, 1.807) is 11.0 Å². The fraction of sp³-hybridized carbons (Fsp3) is 0.733. The third-order valence-corrected chi connectivity index (χ3v) is 4.02. The number of carbonyl (C=O) groups is 2. The molecule has 0 spiro atoms. The van der Waals surface area contributed by atoms with Crippen LogP contribution in [0.1, 0.15) is 52.4 Å². The lowest BCUT2D eigenvalue weighted by Crippen LogP contribution is -2.43. The molecule has 19 heavy (non-hydrogen) atoms. The monoisotopic (exact) mass is 267 g/mol. The second-order valence-corrected chi connectivity index (χ2v) is 5.75. The van der Waals surface area contributed by atoms with E-state index >= 15 is 0 Å². The molecular formula is C15H25NO3. The van der Waals surface area contributed by atoms with Crippen molar-refractivity contribution in [3.05, 3.63) is 12.7 Å². The van der Waals surface area contributed by atoms with Gasteiger partial charge >= 0.3 is 5.97 Å². The van der Waals surface area contributed by atoms with E-state index in [9.17, 15) is 14.7 Å². The van der Waals surface area contributed by atoms with Gasteiger partial charge in [-0.25, -0.2) is 0 Å². The Hall–Kier alpha value is -1.32. The molecule has 1 rings (SSSR count). The van der Waals surface area contributed by atoms with Crippen molar-refractivity contribution in [1.29, 1.82) is 0 Å². The zero-order valence-electron chi connectivity index (χ0n) is 12.0. The Balaban J connectivity index is 2.80. The number of carboxylic acids is 1. The predicted octanol–water partition coefficient (Wildman–Crippen LogP) is 2.83. The van der Waals surface area contributed by atoms with Crippen LogP contribution >= 0.6 is 0 Å². The van der Waals surface area contributed by atoms with Gasteiger partial charge in [-0.3, -0.25) is 9.59 Å².